The lowest BCUT2D eigenvalue weighted by atomic mass is 10.1. The van der Waals surface area contributed by atoms with Crippen molar-refractivity contribution in [3.63, 3.8) is 0 Å². The molecular formula is C26H20FN5O2S. The summed E-state index contributed by atoms with van der Waals surface area (Å²) in [6.07, 6.45) is 1.52. The molecule has 35 heavy (non-hydrogen) atoms. The van der Waals surface area contributed by atoms with Crippen molar-refractivity contribution in [2.45, 2.75) is 19.5 Å². The molecule has 2 aromatic carbocycles. The molecule has 1 unspecified atom stereocenters. The first kappa shape index (κ1) is 21.4. The third-order valence-corrected chi connectivity index (χ3v) is 7.13. The summed E-state index contributed by atoms with van der Waals surface area (Å²) < 4.78 is 20.8. The maximum atomic E-state index is 13.3. The number of hydrogen-bond acceptors (Lipinski definition) is 6. The highest BCUT2D eigenvalue weighted by Crippen LogP contribution is 2.31. The molecule has 5 aromatic rings. The molecule has 1 amide bonds. The van der Waals surface area contributed by atoms with Crippen molar-refractivity contribution in [2.24, 2.45) is 0 Å². The van der Waals surface area contributed by atoms with E-state index in [1.54, 1.807) is 23.5 Å². The summed E-state index contributed by atoms with van der Waals surface area (Å²) in [6, 6.07) is 17.5. The molecule has 0 radical (unpaired) electrons. The first-order valence-corrected chi connectivity index (χ1v) is 12.1. The van der Waals surface area contributed by atoms with E-state index in [1.807, 2.05) is 52.1 Å². The Hall–Kier alpha value is -4.11. The summed E-state index contributed by atoms with van der Waals surface area (Å²) in [6.45, 7) is 3.02. The van der Waals surface area contributed by atoms with Crippen LogP contribution in [0.15, 0.2) is 76.7 Å². The van der Waals surface area contributed by atoms with Gasteiger partial charge in [-0.1, -0.05) is 18.2 Å². The molecule has 0 bridgehead atoms. The van der Waals surface area contributed by atoms with Gasteiger partial charge < -0.3 is 13.9 Å². The van der Waals surface area contributed by atoms with Crippen LogP contribution in [-0.4, -0.2) is 37.1 Å². The number of nitrogens with zero attached hydrogens (tertiary/aromatic N) is 5. The number of fused-ring (bicyclic) bond motifs is 1. The summed E-state index contributed by atoms with van der Waals surface area (Å²) in [7, 11) is 0. The number of aromatic nitrogens is 4. The standard InChI is InChI=1S/C26H20FN5O2S/c1-16-23-29-30-24(21-15-34-25(28-21)18-8-10-20(27)11-9-18)32(23)13-12-31(16)26(33)19-6-4-17(5-7-19)22-3-2-14-35-22/h2-11,14-16H,12-13H2,1H3. The van der Waals surface area contributed by atoms with Gasteiger partial charge in [-0.05, 0) is 60.3 Å². The van der Waals surface area contributed by atoms with E-state index in [0.717, 1.165) is 5.56 Å². The van der Waals surface area contributed by atoms with Gasteiger partial charge in [-0.15, -0.1) is 21.5 Å². The molecule has 6 rings (SSSR count). The number of thiophene rings is 1. The fourth-order valence-corrected chi connectivity index (χ4v) is 5.07. The van der Waals surface area contributed by atoms with Crippen molar-refractivity contribution < 1.29 is 13.6 Å². The van der Waals surface area contributed by atoms with Crippen LogP contribution in [0, 0.1) is 5.82 Å². The van der Waals surface area contributed by atoms with Crippen LogP contribution in [0.3, 0.4) is 0 Å². The van der Waals surface area contributed by atoms with Crippen molar-refractivity contribution in [1.82, 2.24) is 24.6 Å². The van der Waals surface area contributed by atoms with Crippen molar-refractivity contribution in [3.05, 3.63) is 89.5 Å². The zero-order valence-electron chi connectivity index (χ0n) is 18.8. The molecule has 1 atom stereocenters. The molecule has 174 valence electrons. The fraction of sp³-hybridized carbons (Fsp3) is 0.154. The molecule has 3 aromatic heterocycles. The highest BCUT2D eigenvalue weighted by molar-refractivity contribution is 7.13. The van der Waals surface area contributed by atoms with Crippen LogP contribution in [0.5, 0.6) is 0 Å². The highest BCUT2D eigenvalue weighted by Gasteiger charge is 2.32. The lowest BCUT2D eigenvalue weighted by molar-refractivity contribution is 0.0638. The Balaban J connectivity index is 1.23. The summed E-state index contributed by atoms with van der Waals surface area (Å²) in [5.74, 6) is 1.30. The van der Waals surface area contributed by atoms with Gasteiger partial charge >= 0.3 is 0 Å². The smallest absolute Gasteiger partial charge is 0.254 e. The van der Waals surface area contributed by atoms with Crippen molar-refractivity contribution >= 4 is 17.2 Å². The number of halogens is 1. The summed E-state index contributed by atoms with van der Waals surface area (Å²) in [5.41, 5.74) is 2.96. The summed E-state index contributed by atoms with van der Waals surface area (Å²) in [5, 5.41) is 10.7. The van der Waals surface area contributed by atoms with Crippen LogP contribution < -0.4 is 0 Å². The van der Waals surface area contributed by atoms with Gasteiger partial charge in [0.1, 0.15) is 17.8 Å². The molecule has 0 aliphatic carbocycles. The zero-order valence-corrected chi connectivity index (χ0v) is 19.6. The second-order valence-electron chi connectivity index (χ2n) is 8.31. The van der Waals surface area contributed by atoms with Gasteiger partial charge in [-0.3, -0.25) is 4.79 Å². The van der Waals surface area contributed by atoms with Gasteiger partial charge in [-0.25, -0.2) is 9.37 Å². The van der Waals surface area contributed by atoms with Gasteiger partial charge in [0.25, 0.3) is 5.91 Å². The summed E-state index contributed by atoms with van der Waals surface area (Å²) >= 11 is 1.67. The minimum absolute atomic E-state index is 0.0361. The van der Waals surface area contributed by atoms with Gasteiger partial charge in [-0.2, -0.15) is 0 Å². The van der Waals surface area contributed by atoms with Gasteiger partial charge in [0.05, 0.1) is 6.04 Å². The number of amides is 1. The van der Waals surface area contributed by atoms with E-state index in [0.29, 0.717) is 47.4 Å². The van der Waals surface area contributed by atoms with E-state index in [-0.39, 0.29) is 17.8 Å². The van der Waals surface area contributed by atoms with Crippen molar-refractivity contribution in [1.29, 1.82) is 0 Å². The fourth-order valence-electron chi connectivity index (χ4n) is 4.34. The van der Waals surface area contributed by atoms with E-state index in [9.17, 15) is 9.18 Å². The molecule has 0 N–H and O–H groups in total. The number of carbonyl (C=O) groups is 1. The Labute approximate surface area is 204 Å². The van der Waals surface area contributed by atoms with Crippen LogP contribution in [0.2, 0.25) is 0 Å². The van der Waals surface area contributed by atoms with Crippen LogP contribution in [0.1, 0.15) is 29.1 Å². The Morgan fingerprint density at radius 1 is 1.03 bits per heavy atom. The first-order chi connectivity index (χ1) is 17.1. The van der Waals surface area contributed by atoms with Crippen molar-refractivity contribution in [2.75, 3.05) is 6.54 Å². The third-order valence-electron chi connectivity index (χ3n) is 6.21. The topological polar surface area (TPSA) is 77.1 Å². The largest absolute Gasteiger partial charge is 0.444 e. The second-order valence-corrected chi connectivity index (χ2v) is 9.26. The summed E-state index contributed by atoms with van der Waals surface area (Å²) in [4.78, 5) is 20.8. The van der Waals surface area contributed by atoms with Gasteiger partial charge in [0.2, 0.25) is 5.89 Å². The van der Waals surface area contributed by atoms with Crippen LogP contribution in [0.25, 0.3) is 33.4 Å². The quantitative estimate of drug-likeness (QED) is 0.327. The van der Waals surface area contributed by atoms with Crippen LogP contribution in [0.4, 0.5) is 4.39 Å². The van der Waals surface area contributed by atoms with E-state index in [1.165, 1.54) is 23.3 Å². The minimum atomic E-state index is -0.321. The third kappa shape index (κ3) is 3.83. The molecule has 0 spiro atoms. The maximum Gasteiger partial charge on any atom is 0.254 e. The average Bonchev–Trinajstić information content (AvgIpc) is 3.65. The average molecular weight is 486 g/mol. The molecule has 7 nitrogen and oxygen atoms in total. The Kier molecular flexibility index (Phi) is 5.26. The lowest BCUT2D eigenvalue weighted by Crippen LogP contribution is -2.41. The van der Waals surface area contributed by atoms with Crippen LogP contribution >= 0.6 is 11.3 Å². The zero-order chi connectivity index (χ0) is 23.9. The molecule has 1 aliphatic heterocycles. The lowest BCUT2D eigenvalue weighted by Gasteiger charge is -2.33. The number of rotatable bonds is 4. The Morgan fingerprint density at radius 2 is 1.80 bits per heavy atom. The number of oxazole rings is 1. The van der Waals surface area contributed by atoms with Crippen LogP contribution in [-0.2, 0) is 6.54 Å². The van der Waals surface area contributed by atoms with Gasteiger partial charge in [0, 0.05) is 29.1 Å². The molecule has 4 heterocycles. The number of carbonyl (C=O) groups excluding carboxylic acids is 1. The predicted octanol–water partition coefficient (Wildman–Crippen LogP) is 5.68. The van der Waals surface area contributed by atoms with E-state index in [4.69, 9.17) is 4.42 Å². The second kappa shape index (κ2) is 8.59. The SMILES string of the molecule is CC1c2nnc(-c3coc(-c4ccc(F)cc4)n3)n2CCN1C(=O)c1ccc(-c2cccs2)cc1. The van der Waals surface area contributed by atoms with E-state index >= 15 is 0 Å². The maximum absolute atomic E-state index is 13.3. The molecule has 9 heteroatoms. The van der Waals surface area contributed by atoms with Gasteiger partial charge in [0.15, 0.2) is 11.6 Å². The Morgan fingerprint density at radius 3 is 2.54 bits per heavy atom. The van der Waals surface area contributed by atoms with E-state index < -0.39 is 0 Å². The van der Waals surface area contributed by atoms with Crippen molar-refractivity contribution in [3.8, 4) is 33.4 Å². The predicted molar refractivity (Wildman–Crippen MR) is 130 cm³/mol. The number of hydrogen-bond donors (Lipinski definition) is 0. The normalized spacial score (nSPS) is 15.3. The molecular weight excluding hydrogens is 465 g/mol. The molecule has 0 saturated carbocycles. The molecule has 0 saturated heterocycles. The molecule has 1 aliphatic rings. The minimum Gasteiger partial charge on any atom is -0.444 e. The highest BCUT2D eigenvalue weighted by atomic mass is 32.1. The Bertz CT molecular complexity index is 1490. The first-order valence-electron chi connectivity index (χ1n) is 11.2. The molecule has 0 fully saturated rings. The number of benzene rings is 2. The monoisotopic (exact) mass is 485 g/mol. The van der Waals surface area contributed by atoms with E-state index in [2.05, 4.69) is 21.2 Å².